The molecular weight excluding hydrogens is 244 g/mol. The van der Waals surface area contributed by atoms with Crippen LogP contribution in [-0.2, 0) is 11.2 Å². The predicted octanol–water partition coefficient (Wildman–Crippen LogP) is 2.58. The highest BCUT2D eigenvalue weighted by Gasteiger charge is 2.13. The number of aliphatic carboxylic acids is 1. The van der Waals surface area contributed by atoms with Gasteiger partial charge in [0.25, 0.3) is 0 Å². The van der Waals surface area contributed by atoms with E-state index in [9.17, 15) is 9.59 Å². The maximum absolute atomic E-state index is 11.9. The molecule has 2 N–H and O–H groups in total. The minimum Gasteiger partial charge on any atom is -0.481 e. The Labute approximate surface area is 113 Å². The van der Waals surface area contributed by atoms with Crippen LogP contribution < -0.4 is 5.32 Å². The number of urea groups is 1. The fourth-order valence-electron chi connectivity index (χ4n) is 1.57. The molecule has 0 saturated carbocycles. The van der Waals surface area contributed by atoms with Crippen molar-refractivity contribution >= 4 is 17.7 Å². The second-order valence-electron chi connectivity index (χ2n) is 4.57. The van der Waals surface area contributed by atoms with Crippen LogP contribution >= 0.6 is 0 Å². The van der Waals surface area contributed by atoms with Crippen LogP contribution in [0, 0.1) is 0 Å². The summed E-state index contributed by atoms with van der Waals surface area (Å²) in [5.74, 6) is -0.867. The molecule has 2 amide bonds. The molecule has 0 fully saturated rings. The van der Waals surface area contributed by atoms with E-state index in [0.29, 0.717) is 11.3 Å². The number of carbonyl (C=O) groups excluding carboxylic acids is 1. The summed E-state index contributed by atoms with van der Waals surface area (Å²) in [7, 11) is 1.75. The first-order valence-corrected chi connectivity index (χ1v) is 6.28. The van der Waals surface area contributed by atoms with Gasteiger partial charge in [0.05, 0.1) is 6.42 Å². The molecule has 0 spiro atoms. The van der Waals surface area contributed by atoms with Crippen molar-refractivity contribution in [2.24, 2.45) is 0 Å². The van der Waals surface area contributed by atoms with E-state index in [1.165, 1.54) is 0 Å². The smallest absolute Gasteiger partial charge is 0.321 e. The van der Waals surface area contributed by atoms with E-state index in [1.54, 1.807) is 36.2 Å². The van der Waals surface area contributed by atoms with Crippen molar-refractivity contribution in [3.63, 3.8) is 0 Å². The van der Waals surface area contributed by atoms with Gasteiger partial charge in [-0.3, -0.25) is 4.79 Å². The van der Waals surface area contributed by atoms with E-state index in [1.807, 2.05) is 13.8 Å². The molecular formula is C14H20N2O3. The normalized spacial score (nSPS) is 11.7. The van der Waals surface area contributed by atoms with Crippen molar-refractivity contribution in [3.05, 3.63) is 29.8 Å². The zero-order chi connectivity index (χ0) is 14.4. The lowest BCUT2D eigenvalue weighted by Crippen LogP contribution is -2.37. The zero-order valence-electron chi connectivity index (χ0n) is 11.5. The van der Waals surface area contributed by atoms with Crippen LogP contribution in [-0.4, -0.2) is 35.1 Å². The van der Waals surface area contributed by atoms with Gasteiger partial charge in [-0.05, 0) is 31.0 Å². The van der Waals surface area contributed by atoms with E-state index in [2.05, 4.69) is 5.32 Å². The first-order valence-electron chi connectivity index (χ1n) is 6.28. The molecule has 1 aromatic rings. The van der Waals surface area contributed by atoms with Gasteiger partial charge in [-0.1, -0.05) is 19.1 Å². The fourth-order valence-corrected chi connectivity index (χ4v) is 1.57. The molecule has 0 aliphatic carbocycles. The molecule has 5 heteroatoms. The summed E-state index contributed by atoms with van der Waals surface area (Å²) < 4.78 is 0. The molecule has 1 unspecified atom stereocenters. The Bertz CT molecular complexity index is 443. The van der Waals surface area contributed by atoms with E-state index in [4.69, 9.17) is 5.11 Å². The SMILES string of the molecule is CCC(C)N(C)C(=O)Nc1ccc(CC(=O)O)cc1. The number of benzene rings is 1. The van der Waals surface area contributed by atoms with E-state index in [-0.39, 0.29) is 18.5 Å². The second-order valence-corrected chi connectivity index (χ2v) is 4.57. The number of carboxylic acids is 1. The molecule has 0 bridgehead atoms. The summed E-state index contributed by atoms with van der Waals surface area (Å²) in [6.45, 7) is 4.00. The third-order valence-corrected chi connectivity index (χ3v) is 3.13. The summed E-state index contributed by atoms with van der Waals surface area (Å²) in [5.41, 5.74) is 1.37. The van der Waals surface area contributed by atoms with Crippen LogP contribution in [0.5, 0.6) is 0 Å². The standard InChI is InChI=1S/C14H20N2O3/c1-4-10(2)16(3)14(19)15-12-7-5-11(6-8-12)9-13(17)18/h5-8,10H,4,9H2,1-3H3,(H,15,19)(H,17,18). The number of nitrogens with one attached hydrogen (secondary N) is 1. The number of carboxylic acid groups (broad SMARTS) is 1. The average Bonchev–Trinajstić information content (AvgIpc) is 2.38. The lowest BCUT2D eigenvalue weighted by atomic mass is 10.1. The molecule has 0 heterocycles. The van der Waals surface area contributed by atoms with Gasteiger partial charge in [0, 0.05) is 18.8 Å². The topological polar surface area (TPSA) is 69.6 Å². The number of anilines is 1. The summed E-state index contributed by atoms with van der Waals surface area (Å²) >= 11 is 0. The number of hydrogen-bond acceptors (Lipinski definition) is 2. The van der Waals surface area contributed by atoms with Gasteiger partial charge in [-0.15, -0.1) is 0 Å². The minimum absolute atomic E-state index is 0.0129. The Morgan fingerprint density at radius 2 is 1.89 bits per heavy atom. The minimum atomic E-state index is -0.867. The summed E-state index contributed by atoms with van der Waals surface area (Å²) in [6, 6.07) is 6.83. The Kier molecular flexibility index (Phi) is 5.36. The highest BCUT2D eigenvalue weighted by Crippen LogP contribution is 2.12. The molecule has 5 nitrogen and oxygen atoms in total. The number of hydrogen-bond donors (Lipinski definition) is 2. The van der Waals surface area contributed by atoms with Gasteiger partial charge in [0.15, 0.2) is 0 Å². The van der Waals surface area contributed by atoms with Crippen LogP contribution in [0.25, 0.3) is 0 Å². The van der Waals surface area contributed by atoms with Gasteiger partial charge < -0.3 is 15.3 Å². The van der Waals surface area contributed by atoms with Gasteiger partial charge >= 0.3 is 12.0 Å². The van der Waals surface area contributed by atoms with Gasteiger partial charge in [-0.2, -0.15) is 0 Å². The van der Waals surface area contributed by atoms with Crippen molar-refractivity contribution < 1.29 is 14.7 Å². The number of amides is 2. The van der Waals surface area contributed by atoms with Crippen molar-refractivity contribution in [1.29, 1.82) is 0 Å². The molecule has 0 radical (unpaired) electrons. The largest absolute Gasteiger partial charge is 0.481 e. The maximum Gasteiger partial charge on any atom is 0.321 e. The molecule has 1 rings (SSSR count). The Morgan fingerprint density at radius 3 is 2.37 bits per heavy atom. The molecule has 0 aromatic heterocycles. The Balaban J connectivity index is 2.62. The number of nitrogens with zero attached hydrogens (tertiary/aromatic N) is 1. The van der Waals surface area contributed by atoms with E-state index < -0.39 is 5.97 Å². The monoisotopic (exact) mass is 264 g/mol. The van der Waals surface area contributed by atoms with Gasteiger partial charge in [0.2, 0.25) is 0 Å². The lowest BCUT2D eigenvalue weighted by molar-refractivity contribution is -0.136. The molecule has 19 heavy (non-hydrogen) atoms. The third kappa shape index (κ3) is 4.62. The van der Waals surface area contributed by atoms with Crippen molar-refractivity contribution in [2.75, 3.05) is 12.4 Å². The summed E-state index contributed by atoms with van der Waals surface area (Å²) in [4.78, 5) is 24.1. The van der Waals surface area contributed by atoms with Crippen LogP contribution in [0.4, 0.5) is 10.5 Å². The third-order valence-electron chi connectivity index (χ3n) is 3.13. The molecule has 1 atom stereocenters. The van der Waals surface area contributed by atoms with Crippen molar-refractivity contribution in [2.45, 2.75) is 32.7 Å². The molecule has 1 aromatic carbocycles. The first-order chi connectivity index (χ1) is 8.93. The fraction of sp³-hybridized carbons (Fsp3) is 0.429. The Hall–Kier alpha value is -2.04. The molecule has 0 aliphatic heterocycles. The highest BCUT2D eigenvalue weighted by molar-refractivity contribution is 5.89. The zero-order valence-corrected chi connectivity index (χ0v) is 11.5. The predicted molar refractivity (Wildman–Crippen MR) is 74.3 cm³/mol. The Morgan fingerprint density at radius 1 is 1.32 bits per heavy atom. The highest BCUT2D eigenvalue weighted by atomic mass is 16.4. The number of rotatable bonds is 5. The van der Waals surface area contributed by atoms with Crippen LogP contribution in [0.3, 0.4) is 0 Å². The van der Waals surface area contributed by atoms with Crippen molar-refractivity contribution in [1.82, 2.24) is 4.90 Å². The van der Waals surface area contributed by atoms with E-state index in [0.717, 1.165) is 6.42 Å². The van der Waals surface area contributed by atoms with Crippen LogP contribution in [0.2, 0.25) is 0 Å². The molecule has 104 valence electrons. The van der Waals surface area contributed by atoms with Crippen LogP contribution in [0.1, 0.15) is 25.8 Å². The maximum atomic E-state index is 11.9. The average molecular weight is 264 g/mol. The lowest BCUT2D eigenvalue weighted by Gasteiger charge is -2.24. The number of carbonyl (C=O) groups is 2. The van der Waals surface area contributed by atoms with Gasteiger partial charge in [0.1, 0.15) is 0 Å². The first kappa shape index (κ1) is 15.0. The summed E-state index contributed by atoms with van der Waals surface area (Å²) in [6.07, 6.45) is 0.877. The molecule has 0 saturated heterocycles. The van der Waals surface area contributed by atoms with Gasteiger partial charge in [-0.25, -0.2) is 4.79 Å². The van der Waals surface area contributed by atoms with E-state index >= 15 is 0 Å². The quantitative estimate of drug-likeness (QED) is 0.858. The van der Waals surface area contributed by atoms with Crippen molar-refractivity contribution in [3.8, 4) is 0 Å². The van der Waals surface area contributed by atoms with Crippen LogP contribution in [0.15, 0.2) is 24.3 Å². The molecule has 0 aliphatic rings. The summed E-state index contributed by atoms with van der Waals surface area (Å²) in [5, 5.41) is 11.4. The second kappa shape index (κ2) is 6.78.